The van der Waals surface area contributed by atoms with Gasteiger partial charge in [0.15, 0.2) is 4.34 Å². The molecular weight excluding hydrogens is 350 g/mol. The molecule has 1 N–H and O–H groups in total. The number of anilines is 1. The van der Waals surface area contributed by atoms with E-state index < -0.39 is 0 Å². The van der Waals surface area contributed by atoms with Gasteiger partial charge < -0.3 is 5.32 Å². The lowest BCUT2D eigenvalue weighted by Gasteiger charge is -2.22. The van der Waals surface area contributed by atoms with Crippen LogP contribution in [0.1, 0.15) is 51.7 Å². The topological polar surface area (TPSA) is 54.9 Å². The lowest BCUT2D eigenvalue weighted by Crippen LogP contribution is -2.18. The quantitative estimate of drug-likeness (QED) is 0.508. The van der Waals surface area contributed by atoms with Gasteiger partial charge in [0.2, 0.25) is 11.0 Å². The first kappa shape index (κ1) is 19.9. The maximum atomic E-state index is 12.2. The van der Waals surface area contributed by atoms with Crippen LogP contribution in [0.25, 0.3) is 0 Å². The number of aromatic nitrogens is 2. The number of hydrogen-bond donors (Lipinski definition) is 1. The van der Waals surface area contributed by atoms with Gasteiger partial charge in [-0.2, -0.15) is 0 Å². The van der Waals surface area contributed by atoms with Gasteiger partial charge in [0, 0.05) is 12.2 Å². The van der Waals surface area contributed by atoms with E-state index in [2.05, 4.69) is 62.3 Å². The highest BCUT2D eigenvalue weighted by Gasteiger charge is 2.18. The van der Waals surface area contributed by atoms with Crippen molar-refractivity contribution in [1.82, 2.24) is 10.2 Å². The van der Waals surface area contributed by atoms with Crippen LogP contribution in [0.3, 0.4) is 0 Å². The molecule has 4 nitrogen and oxygen atoms in total. The van der Waals surface area contributed by atoms with Crippen LogP contribution in [-0.2, 0) is 10.5 Å². The Hall–Kier alpha value is -1.40. The fourth-order valence-corrected chi connectivity index (χ4v) is 4.68. The zero-order valence-electron chi connectivity index (χ0n) is 15.6. The van der Waals surface area contributed by atoms with E-state index in [9.17, 15) is 4.79 Å². The zero-order valence-corrected chi connectivity index (χ0v) is 17.3. The van der Waals surface area contributed by atoms with Gasteiger partial charge in [0.1, 0.15) is 0 Å². The molecule has 136 valence electrons. The predicted octanol–water partition coefficient (Wildman–Crippen LogP) is 5.54. The van der Waals surface area contributed by atoms with Crippen LogP contribution in [-0.4, -0.2) is 16.1 Å². The average molecular weight is 378 g/mol. The van der Waals surface area contributed by atoms with E-state index >= 15 is 0 Å². The number of carbonyl (C=O) groups is 1. The molecule has 2 aromatic rings. The lowest BCUT2D eigenvalue weighted by atomic mass is 9.84. The highest BCUT2D eigenvalue weighted by atomic mass is 32.2. The van der Waals surface area contributed by atoms with Crippen LogP contribution < -0.4 is 5.32 Å². The van der Waals surface area contributed by atoms with E-state index in [1.807, 2.05) is 12.1 Å². The molecule has 0 aliphatic rings. The zero-order chi connectivity index (χ0) is 18.4. The molecule has 1 aromatic heterocycles. The molecule has 0 spiro atoms. The summed E-state index contributed by atoms with van der Waals surface area (Å²) in [6.45, 7) is 10.8. The van der Waals surface area contributed by atoms with Gasteiger partial charge >= 0.3 is 0 Å². The summed E-state index contributed by atoms with van der Waals surface area (Å²) in [5.41, 5.74) is 2.81. The second-order valence-electron chi connectivity index (χ2n) is 7.71. The third-order valence-electron chi connectivity index (χ3n) is 3.76. The maximum Gasteiger partial charge on any atom is 0.226 e. The number of rotatable bonds is 7. The third kappa shape index (κ3) is 7.16. The fraction of sp³-hybridized carbons (Fsp3) is 0.526. The summed E-state index contributed by atoms with van der Waals surface area (Å²) >= 11 is 3.09. The largest absolute Gasteiger partial charge is 0.300 e. The Morgan fingerprint density at radius 2 is 2.00 bits per heavy atom. The molecule has 0 bridgehead atoms. The summed E-state index contributed by atoms with van der Waals surface area (Å²) in [6.07, 6.45) is 1.54. The van der Waals surface area contributed by atoms with Crippen LogP contribution >= 0.6 is 23.1 Å². The molecule has 2 rings (SSSR count). The molecule has 1 atom stereocenters. The number of nitrogens with one attached hydrogen (secondary N) is 1. The van der Waals surface area contributed by atoms with Crippen molar-refractivity contribution >= 4 is 34.1 Å². The Kier molecular flexibility index (Phi) is 7.02. The monoisotopic (exact) mass is 377 g/mol. The summed E-state index contributed by atoms with van der Waals surface area (Å²) < 4.78 is 0.876. The lowest BCUT2D eigenvalue weighted by molar-refractivity contribution is -0.117. The first-order valence-corrected chi connectivity index (χ1v) is 10.3. The minimum Gasteiger partial charge on any atom is -0.300 e. The molecule has 25 heavy (non-hydrogen) atoms. The predicted molar refractivity (Wildman–Crippen MR) is 107 cm³/mol. The van der Waals surface area contributed by atoms with Crippen molar-refractivity contribution in [2.45, 2.75) is 57.6 Å². The Morgan fingerprint density at radius 3 is 2.68 bits per heavy atom. The third-order valence-corrected chi connectivity index (χ3v) is 5.78. The SMILES string of the molecule is Cc1ccccc1CSc1nnc(NC(=O)CC(C)CC(C)(C)C)s1. The minimum atomic E-state index is 0.0170. The van der Waals surface area contributed by atoms with Crippen molar-refractivity contribution in [2.75, 3.05) is 5.32 Å². The first-order valence-electron chi connectivity index (χ1n) is 8.53. The van der Waals surface area contributed by atoms with Gasteiger partial charge in [-0.3, -0.25) is 4.79 Å². The highest BCUT2D eigenvalue weighted by Crippen LogP contribution is 2.30. The normalized spacial score (nSPS) is 12.8. The molecule has 1 unspecified atom stereocenters. The molecule has 0 aliphatic heterocycles. The standard InChI is InChI=1S/C19H27N3OS2/c1-13(11-19(3,4)5)10-16(23)20-17-21-22-18(25-17)24-12-15-9-7-6-8-14(15)2/h6-9,13H,10-12H2,1-5H3,(H,20,21,23). The molecule has 0 saturated carbocycles. The van der Waals surface area contributed by atoms with Gasteiger partial charge in [0.05, 0.1) is 0 Å². The minimum absolute atomic E-state index is 0.0170. The van der Waals surface area contributed by atoms with Crippen molar-refractivity contribution in [3.63, 3.8) is 0 Å². The van der Waals surface area contributed by atoms with Crippen molar-refractivity contribution in [3.05, 3.63) is 35.4 Å². The molecule has 0 radical (unpaired) electrons. The number of hydrogen-bond acceptors (Lipinski definition) is 5. The number of aryl methyl sites for hydroxylation is 1. The Balaban J connectivity index is 1.82. The maximum absolute atomic E-state index is 12.2. The molecular formula is C19H27N3OS2. The van der Waals surface area contributed by atoms with Crippen molar-refractivity contribution in [2.24, 2.45) is 11.3 Å². The average Bonchev–Trinajstić information content (AvgIpc) is 2.91. The van der Waals surface area contributed by atoms with Gasteiger partial charge in [-0.1, -0.05) is 75.1 Å². The van der Waals surface area contributed by atoms with Crippen LogP contribution in [0.5, 0.6) is 0 Å². The Bertz CT molecular complexity index is 707. The summed E-state index contributed by atoms with van der Waals surface area (Å²) in [5.74, 6) is 1.23. The van der Waals surface area contributed by atoms with Gasteiger partial charge in [-0.25, -0.2) is 0 Å². The van der Waals surface area contributed by atoms with E-state index in [1.54, 1.807) is 11.8 Å². The van der Waals surface area contributed by atoms with E-state index in [4.69, 9.17) is 0 Å². The van der Waals surface area contributed by atoms with Crippen LogP contribution in [0, 0.1) is 18.3 Å². The van der Waals surface area contributed by atoms with E-state index in [-0.39, 0.29) is 11.3 Å². The molecule has 0 fully saturated rings. The molecule has 1 aromatic carbocycles. The number of nitrogens with zero attached hydrogens (tertiary/aromatic N) is 2. The molecule has 1 amide bonds. The van der Waals surface area contributed by atoms with E-state index in [1.165, 1.54) is 22.5 Å². The molecule has 0 saturated heterocycles. The number of carbonyl (C=O) groups excluding carboxylic acids is 1. The number of amides is 1. The van der Waals surface area contributed by atoms with Gasteiger partial charge in [0.25, 0.3) is 0 Å². The second kappa shape index (κ2) is 8.81. The summed E-state index contributed by atoms with van der Waals surface area (Å²) in [5, 5.41) is 11.7. The number of benzene rings is 1. The number of thioether (sulfide) groups is 1. The van der Waals surface area contributed by atoms with Crippen LogP contribution in [0.2, 0.25) is 0 Å². The molecule has 6 heteroatoms. The van der Waals surface area contributed by atoms with Crippen LogP contribution in [0.4, 0.5) is 5.13 Å². The Labute approximate surface area is 158 Å². The second-order valence-corrected chi connectivity index (χ2v) is 9.91. The summed E-state index contributed by atoms with van der Waals surface area (Å²) in [6, 6.07) is 8.33. The van der Waals surface area contributed by atoms with Crippen molar-refractivity contribution < 1.29 is 4.79 Å². The Morgan fingerprint density at radius 1 is 1.28 bits per heavy atom. The summed E-state index contributed by atoms with van der Waals surface area (Å²) in [7, 11) is 0. The first-order chi connectivity index (χ1) is 11.7. The van der Waals surface area contributed by atoms with E-state index in [0.29, 0.717) is 17.5 Å². The molecule has 0 aliphatic carbocycles. The smallest absolute Gasteiger partial charge is 0.226 e. The van der Waals surface area contributed by atoms with Crippen LogP contribution in [0.15, 0.2) is 28.6 Å². The highest BCUT2D eigenvalue weighted by molar-refractivity contribution is 8.00. The fourth-order valence-electron chi connectivity index (χ4n) is 2.83. The van der Waals surface area contributed by atoms with Gasteiger partial charge in [-0.15, -0.1) is 10.2 Å². The summed E-state index contributed by atoms with van der Waals surface area (Å²) in [4.78, 5) is 12.2. The van der Waals surface area contributed by atoms with E-state index in [0.717, 1.165) is 16.5 Å². The molecule has 1 heterocycles. The van der Waals surface area contributed by atoms with Crippen molar-refractivity contribution in [3.8, 4) is 0 Å². The van der Waals surface area contributed by atoms with Crippen molar-refractivity contribution in [1.29, 1.82) is 0 Å². The van der Waals surface area contributed by atoms with Gasteiger partial charge in [-0.05, 0) is 35.8 Å².